The lowest BCUT2D eigenvalue weighted by Gasteiger charge is -2.19. The number of benzene rings is 1. The van der Waals surface area contributed by atoms with E-state index in [1.807, 2.05) is 27.7 Å². The average molecular weight is 540 g/mol. The fraction of sp³-hybridized carbons (Fsp3) is 0.526. The summed E-state index contributed by atoms with van der Waals surface area (Å²) in [6.07, 6.45) is -0.460. The lowest BCUT2D eigenvalue weighted by atomic mass is 10.2. The van der Waals surface area contributed by atoms with Gasteiger partial charge in [0.1, 0.15) is 5.60 Å². The number of carbonyl (C=O) groups is 2. The number of aliphatic imine (C=N–C) groups is 1. The maximum absolute atomic E-state index is 12.1. The Morgan fingerprint density at radius 2 is 1.69 bits per heavy atom. The molecule has 29 heavy (non-hydrogen) atoms. The second-order valence-electron chi connectivity index (χ2n) is 6.85. The molecular weight excluding hydrogens is 509 g/mol. The zero-order valence-corrected chi connectivity index (χ0v) is 20.4. The summed E-state index contributed by atoms with van der Waals surface area (Å²) >= 11 is 6.00. The second kappa shape index (κ2) is 14.3. The molecule has 0 spiro atoms. The summed E-state index contributed by atoms with van der Waals surface area (Å²) < 4.78 is 5.17. The van der Waals surface area contributed by atoms with Crippen molar-refractivity contribution in [1.29, 1.82) is 0 Å². The van der Waals surface area contributed by atoms with Crippen LogP contribution >= 0.6 is 35.6 Å². The summed E-state index contributed by atoms with van der Waals surface area (Å²) in [6.45, 7) is 9.72. The Labute approximate surface area is 194 Å². The molecule has 8 nitrogen and oxygen atoms in total. The molecular formula is C19H31ClIN5O3. The highest BCUT2D eigenvalue weighted by Crippen LogP contribution is 2.14. The van der Waals surface area contributed by atoms with Gasteiger partial charge in [-0.05, 0) is 39.8 Å². The summed E-state index contributed by atoms with van der Waals surface area (Å²) in [5, 5.41) is 12.1. The zero-order valence-electron chi connectivity index (χ0n) is 17.3. The van der Waals surface area contributed by atoms with Crippen LogP contribution in [0.2, 0.25) is 5.02 Å². The van der Waals surface area contributed by atoms with Crippen molar-refractivity contribution >= 4 is 53.5 Å². The molecule has 0 aliphatic heterocycles. The van der Waals surface area contributed by atoms with Crippen molar-refractivity contribution < 1.29 is 14.3 Å². The maximum atomic E-state index is 12.1. The highest BCUT2D eigenvalue weighted by molar-refractivity contribution is 14.0. The fourth-order valence-electron chi connectivity index (χ4n) is 2.08. The van der Waals surface area contributed by atoms with Crippen molar-refractivity contribution in [2.75, 3.05) is 32.7 Å². The van der Waals surface area contributed by atoms with Crippen LogP contribution in [0.4, 0.5) is 4.79 Å². The minimum absolute atomic E-state index is 0. The molecule has 10 heteroatoms. The van der Waals surface area contributed by atoms with E-state index in [1.165, 1.54) is 0 Å². The third kappa shape index (κ3) is 12.4. The molecule has 0 saturated heterocycles. The van der Waals surface area contributed by atoms with E-state index < -0.39 is 11.7 Å². The van der Waals surface area contributed by atoms with Crippen molar-refractivity contribution in [3.05, 3.63) is 34.9 Å². The Morgan fingerprint density at radius 3 is 2.31 bits per heavy atom. The number of nitrogens with one attached hydrogen (secondary N) is 4. The van der Waals surface area contributed by atoms with Gasteiger partial charge in [0.05, 0.1) is 17.1 Å². The molecule has 0 atom stereocenters. The van der Waals surface area contributed by atoms with Crippen LogP contribution in [0.15, 0.2) is 29.3 Å². The Hall–Kier alpha value is -1.75. The molecule has 1 aromatic rings. The number of halogens is 2. The van der Waals surface area contributed by atoms with E-state index in [-0.39, 0.29) is 29.9 Å². The first-order valence-corrected chi connectivity index (χ1v) is 9.62. The predicted molar refractivity (Wildman–Crippen MR) is 127 cm³/mol. The van der Waals surface area contributed by atoms with Crippen molar-refractivity contribution in [2.45, 2.75) is 33.3 Å². The third-order valence-electron chi connectivity index (χ3n) is 3.22. The quantitative estimate of drug-likeness (QED) is 0.176. The van der Waals surface area contributed by atoms with Gasteiger partial charge in [-0.2, -0.15) is 0 Å². The van der Waals surface area contributed by atoms with Crippen molar-refractivity contribution in [2.24, 2.45) is 4.99 Å². The number of alkyl carbamates (subject to hydrolysis) is 1. The molecule has 0 heterocycles. The van der Waals surface area contributed by atoms with Gasteiger partial charge in [0.2, 0.25) is 0 Å². The normalized spacial score (nSPS) is 11.1. The molecule has 4 N–H and O–H groups in total. The molecule has 1 rings (SSSR count). The van der Waals surface area contributed by atoms with Crippen molar-refractivity contribution in [3.8, 4) is 0 Å². The summed E-state index contributed by atoms with van der Waals surface area (Å²) in [5.74, 6) is 0.362. The van der Waals surface area contributed by atoms with Gasteiger partial charge in [0.25, 0.3) is 5.91 Å². The van der Waals surface area contributed by atoms with Crippen LogP contribution in [0.5, 0.6) is 0 Å². The standard InChI is InChI=1S/C19H30ClN5O3.HI/c1-5-21-17(24-12-13-25-18(27)28-19(2,3)4)23-11-10-22-16(26)14-8-6-7-9-15(14)20;/h6-9H,5,10-13H2,1-4H3,(H,22,26)(H,25,27)(H2,21,23,24);1H. The van der Waals surface area contributed by atoms with Gasteiger partial charge < -0.3 is 26.0 Å². The Balaban J connectivity index is 0.00000784. The minimum atomic E-state index is -0.525. The number of hydrogen-bond donors (Lipinski definition) is 4. The number of carbonyl (C=O) groups excluding carboxylic acids is 2. The summed E-state index contributed by atoms with van der Waals surface area (Å²) in [4.78, 5) is 28.1. The van der Waals surface area contributed by atoms with E-state index in [0.717, 1.165) is 0 Å². The number of nitrogens with zero attached hydrogens (tertiary/aromatic N) is 1. The predicted octanol–water partition coefficient (Wildman–Crippen LogP) is 2.77. The van der Waals surface area contributed by atoms with Crippen molar-refractivity contribution in [1.82, 2.24) is 21.3 Å². The largest absolute Gasteiger partial charge is 0.444 e. The SMILES string of the molecule is CCNC(=NCCNC(=O)c1ccccc1Cl)NCCNC(=O)OC(C)(C)C.I. The first kappa shape index (κ1) is 27.2. The zero-order chi connectivity index (χ0) is 21.0. The number of ether oxygens (including phenoxy) is 1. The van der Waals surface area contributed by atoms with E-state index in [9.17, 15) is 9.59 Å². The van der Waals surface area contributed by atoms with Gasteiger partial charge in [0.15, 0.2) is 5.96 Å². The third-order valence-corrected chi connectivity index (χ3v) is 3.55. The summed E-state index contributed by atoms with van der Waals surface area (Å²) in [6, 6.07) is 6.88. The highest BCUT2D eigenvalue weighted by Gasteiger charge is 2.15. The van der Waals surface area contributed by atoms with Gasteiger partial charge in [0, 0.05) is 26.2 Å². The van der Waals surface area contributed by atoms with E-state index >= 15 is 0 Å². The van der Waals surface area contributed by atoms with E-state index in [4.69, 9.17) is 16.3 Å². The molecule has 0 aliphatic carbocycles. The Morgan fingerprint density at radius 1 is 1.03 bits per heavy atom. The van der Waals surface area contributed by atoms with Crippen LogP contribution in [0.1, 0.15) is 38.1 Å². The lowest BCUT2D eigenvalue weighted by molar-refractivity contribution is 0.0528. The topological polar surface area (TPSA) is 104 Å². The smallest absolute Gasteiger partial charge is 0.407 e. The van der Waals surface area contributed by atoms with Crippen LogP contribution in [0.3, 0.4) is 0 Å². The average Bonchev–Trinajstić information content (AvgIpc) is 2.60. The molecule has 164 valence electrons. The molecule has 1 aromatic carbocycles. The lowest BCUT2D eigenvalue weighted by Crippen LogP contribution is -2.42. The van der Waals surface area contributed by atoms with Gasteiger partial charge in [-0.1, -0.05) is 23.7 Å². The van der Waals surface area contributed by atoms with Gasteiger partial charge >= 0.3 is 6.09 Å². The molecule has 0 aliphatic rings. The molecule has 2 amide bonds. The minimum Gasteiger partial charge on any atom is -0.444 e. The number of rotatable bonds is 8. The monoisotopic (exact) mass is 539 g/mol. The van der Waals surface area contributed by atoms with Crippen LogP contribution in [-0.2, 0) is 4.74 Å². The van der Waals surface area contributed by atoms with Crippen LogP contribution in [-0.4, -0.2) is 56.3 Å². The number of guanidine groups is 1. The van der Waals surface area contributed by atoms with E-state index in [0.29, 0.717) is 49.3 Å². The second-order valence-corrected chi connectivity index (χ2v) is 7.26. The first-order chi connectivity index (χ1) is 13.2. The molecule has 0 saturated carbocycles. The number of hydrogen-bond acceptors (Lipinski definition) is 4. The van der Waals surface area contributed by atoms with Crippen molar-refractivity contribution in [3.63, 3.8) is 0 Å². The summed E-state index contributed by atoms with van der Waals surface area (Å²) in [5.41, 5.74) is -0.0890. The molecule has 0 bridgehead atoms. The van der Waals surface area contributed by atoms with E-state index in [1.54, 1.807) is 24.3 Å². The van der Waals surface area contributed by atoms with Gasteiger partial charge in [-0.15, -0.1) is 24.0 Å². The van der Waals surface area contributed by atoms with E-state index in [2.05, 4.69) is 26.3 Å². The van der Waals surface area contributed by atoms with Gasteiger partial charge in [-0.3, -0.25) is 9.79 Å². The van der Waals surface area contributed by atoms with Gasteiger partial charge in [-0.25, -0.2) is 4.79 Å². The van der Waals surface area contributed by atoms with Crippen LogP contribution in [0.25, 0.3) is 0 Å². The first-order valence-electron chi connectivity index (χ1n) is 9.24. The number of amides is 2. The molecule has 0 unspecified atom stereocenters. The Kier molecular flexibility index (Phi) is 13.4. The highest BCUT2D eigenvalue weighted by atomic mass is 127. The molecule has 0 radical (unpaired) electrons. The molecule has 0 aromatic heterocycles. The molecule has 0 fully saturated rings. The fourth-order valence-corrected chi connectivity index (χ4v) is 2.30. The Bertz CT molecular complexity index is 680. The summed E-state index contributed by atoms with van der Waals surface area (Å²) in [7, 11) is 0. The van der Waals surface area contributed by atoms with Crippen LogP contribution in [0, 0.1) is 0 Å². The van der Waals surface area contributed by atoms with Crippen LogP contribution < -0.4 is 21.3 Å². The maximum Gasteiger partial charge on any atom is 0.407 e.